The lowest BCUT2D eigenvalue weighted by molar-refractivity contribution is 0.461. The fourth-order valence-corrected chi connectivity index (χ4v) is 2.13. The maximum atomic E-state index is 5.53. The highest BCUT2D eigenvalue weighted by atomic mass is 79.9. The van der Waals surface area contributed by atoms with Crippen LogP contribution in [0.2, 0.25) is 0 Å². The molecule has 1 rings (SSSR count). The molecule has 14 heavy (non-hydrogen) atoms. The Balaban J connectivity index is 2.94. The SMILES string of the molecule is CCCC(NN)c1c(Br)cnn1CC. The lowest BCUT2D eigenvalue weighted by atomic mass is 10.1. The maximum Gasteiger partial charge on any atom is 0.0709 e. The van der Waals surface area contributed by atoms with Gasteiger partial charge in [0.25, 0.3) is 0 Å². The van der Waals surface area contributed by atoms with Gasteiger partial charge in [0.2, 0.25) is 0 Å². The van der Waals surface area contributed by atoms with Crippen molar-refractivity contribution in [1.29, 1.82) is 0 Å². The van der Waals surface area contributed by atoms with Gasteiger partial charge in [-0.2, -0.15) is 5.10 Å². The number of nitrogens with two attached hydrogens (primary N) is 1. The van der Waals surface area contributed by atoms with Crippen LogP contribution >= 0.6 is 15.9 Å². The second-order valence-electron chi connectivity index (χ2n) is 3.20. The van der Waals surface area contributed by atoms with Gasteiger partial charge in [-0.25, -0.2) is 0 Å². The average molecular weight is 261 g/mol. The van der Waals surface area contributed by atoms with Crippen molar-refractivity contribution in [1.82, 2.24) is 15.2 Å². The molecule has 0 aliphatic heterocycles. The molecule has 1 aromatic rings. The normalized spacial score (nSPS) is 13.1. The zero-order valence-electron chi connectivity index (χ0n) is 8.63. The number of aryl methyl sites for hydroxylation is 1. The van der Waals surface area contributed by atoms with Crippen molar-refractivity contribution in [2.75, 3.05) is 0 Å². The highest BCUT2D eigenvalue weighted by Gasteiger charge is 2.17. The van der Waals surface area contributed by atoms with Crippen molar-refractivity contribution in [3.05, 3.63) is 16.4 Å². The van der Waals surface area contributed by atoms with E-state index in [1.54, 1.807) is 0 Å². The molecule has 0 bridgehead atoms. The van der Waals surface area contributed by atoms with E-state index in [2.05, 4.69) is 40.3 Å². The Bertz CT molecular complexity index is 284. The zero-order chi connectivity index (χ0) is 10.6. The number of aromatic nitrogens is 2. The first-order chi connectivity index (χ1) is 6.74. The predicted molar refractivity (Wildman–Crippen MR) is 60.6 cm³/mol. The van der Waals surface area contributed by atoms with Gasteiger partial charge in [-0.15, -0.1) is 0 Å². The van der Waals surface area contributed by atoms with Crippen LogP contribution in [0, 0.1) is 0 Å². The van der Waals surface area contributed by atoms with Crippen LogP contribution in [0.4, 0.5) is 0 Å². The van der Waals surface area contributed by atoms with Crippen molar-refractivity contribution < 1.29 is 0 Å². The van der Waals surface area contributed by atoms with E-state index < -0.39 is 0 Å². The maximum absolute atomic E-state index is 5.53. The van der Waals surface area contributed by atoms with E-state index in [4.69, 9.17) is 5.84 Å². The summed E-state index contributed by atoms with van der Waals surface area (Å²) in [6, 6.07) is 0.178. The fraction of sp³-hybridized carbons (Fsp3) is 0.667. The summed E-state index contributed by atoms with van der Waals surface area (Å²) in [5, 5.41) is 4.26. The van der Waals surface area contributed by atoms with Crippen molar-refractivity contribution in [3.8, 4) is 0 Å². The molecule has 4 nitrogen and oxygen atoms in total. The topological polar surface area (TPSA) is 55.9 Å². The van der Waals surface area contributed by atoms with Crippen LogP contribution in [0.1, 0.15) is 38.4 Å². The summed E-state index contributed by atoms with van der Waals surface area (Å²) in [4.78, 5) is 0. The van der Waals surface area contributed by atoms with Crippen LogP contribution in [0.3, 0.4) is 0 Å². The third-order valence-electron chi connectivity index (χ3n) is 2.24. The van der Waals surface area contributed by atoms with Crippen LogP contribution in [0.15, 0.2) is 10.7 Å². The Morgan fingerprint density at radius 1 is 1.64 bits per heavy atom. The highest BCUT2D eigenvalue weighted by molar-refractivity contribution is 9.10. The summed E-state index contributed by atoms with van der Waals surface area (Å²) >= 11 is 3.49. The standard InChI is InChI=1S/C9H17BrN4/c1-3-5-8(13-11)9-7(10)6-12-14(9)4-2/h6,8,13H,3-5,11H2,1-2H3. The van der Waals surface area contributed by atoms with Crippen LogP contribution in [-0.2, 0) is 6.54 Å². The zero-order valence-corrected chi connectivity index (χ0v) is 10.2. The van der Waals surface area contributed by atoms with Crippen molar-refractivity contribution in [2.45, 2.75) is 39.3 Å². The van der Waals surface area contributed by atoms with E-state index in [1.807, 2.05) is 10.9 Å². The summed E-state index contributed by atoms with van der Waals surface area (Å²) in [5.74, 6) is 5.53. The molecule has 0 saturated carbocycles. The van der Waals surface area contributed by atoms with E-state index in [0.29, 0.717) is 0 Å². The molecule has 1 unspecified atom stereocenters. The minimum absolute atomic E-state index is 0.178. The molecule has 0 amide bonds. The molecule has 80 valence electrons. The first-order valence-electron chi connectivity index (χ1n) is 4.91. The summed E-state index contributed by atoms with van der Waals surface area (Å²) in [6.45, 7) is 5.08. The number of nitrogens with zero attached hydrogens (tertiary/aromatic N) is 2. The minimum atomic E-state index is 0.178. The number of hydrogen-bond acceptors (Lipinski definition) is 3. The summed E-state index contributed by atoms with van der Waals surface area (Å²) in [6.07, 6.45) is 3.93. The second kappa shape index (κ2) is 5.48. The Morgan fingerprint density at radius 2 is 2.36 bits per heavy atom. The molecule has 0 saturated heterocycles. The summed E-state index contributed by atoms with van der Waals surface area (Å²) < 4.78 is 2.99. The van der Waals surface area contributed by atoms with Gasteiger partial charge in [-0.1, -0.05) is 13.3 Å². The van der Waals surface area contributed by atoms with E-state index in [1.165, 1.54) is 0 Å². The van der Waals surface area contributed by atoms with Gasteiger partial charge in [-0.05, 0) is 29.3 Å². The minimum Gasteiger partial charge on any atom is -0.271 e. The number of nitrogens with one attached hydrogen (secondary N) is 1. The molecule has 0 radical (unpaired) electrons. The monoisotopic (exact) mass is 260 g/mol. The lowest BCUT2D eigenvalue weighted by Gasteiger charge is -2.16. The fourth-order valence-electron chi connectivity index (χ4n) is 1.56. The molecule has 0 aromatic carbocycles. The van der Waals surface area contributed by atoms with E-state index >= 15 is 0 Å². The number of hydrazine groups is 1. The van der Waals surface area contributed by atoms with E-state index in [-0.39, 0.29) is 6.04 Å². The van der Waals surface area contributed by atoms with E-state index in [0.717, 1.165) is 29.6 Å². The smallest absolute Gasteiger partial charge is 0.0709 e. The molecule has 0 spiro atoms. The molecule has 0 fully saturated rings. The molecule has 3 N–H and O–H groups in total. The van der Waals surface area contributed by atoms with Gasteiger partial charge < -0.3 is 0 Å². The van der Waals surface area contributed by atoms with Gasteiger partial charge in [0.15, 0.2) is 0 Å². The van der Waals surface area contributed by atoms with Crippen LogP contribution < -0.4 is 11.3 Å². The Labute approximate surface area is 93.0 Å². The summed E-state index contributed by atoms with van der Waals surface area (Å²) in [5.41, 5.74) is 3.97. The quantitative estimate of drug-likeness (QED) is 0.629. The molecular formula is C9H17BrN4. The van der Waals surface area contributed by atoms with Gasteiger partial charge in [0.05, 0.1) is 22.4 Å². The Hall–Kier alpha value is -0.390. The van der Waals surface area contributed by atoms with Gasteiger partial charge in [-0.3, -0.25) is 16.0 Å². The first-order valence-corrected chi connectivity index (χ1v) is 5.71. The highest BCUT2D eigenvalue weighted by Crippen LogP contribution is 2.25. The molecule has 1 heterocycles. The average Bonchev–Trinajstić information content (AvgIpc) is 2.56. The molecule has 5 heteroatoms. The van der Waals surface area contributed by atoms with Crippen molar-refractivity contribution in [3.63, 3.8) is 0 Å². The number of halogens is 1. The third-order valence-corrected chi connectivity index (χ3v) is 2.85. The largest absolute Gasteiger partial charge is 0.271 e. The molecule has 1 atom stereocenters. The predicted octanol–water partition coefficient (Wildman–Crippen LogP) is 1.97. The van der Waals surface area contributed by atoms with Crippen LogP contribution in [0.25, 0.3) is 0 Å². The Kier molecular flexibility index (Phi) is 4.57. The number of rotatable bonds is 5. The molecule has 0 aliphatic rings. The molecule has 1 aromatic heterocycles. The van der Waals surface area contributed by atoms with Crippen molar-refractivity contribution in [2.24, 2.45) is 5.84 Å². The van der Waals surface area contributed by atoms with Crippen LogP contribution in [0.5, 0.6) is 0 Å². The first kappa shape index (κ1) is 11.7. The van der Waals surface area contributed by atoms with E-state index in [9.17, 15) is 0 Å². The lowest BCUT2D eigenvalue weighted by Crippen LogP contribution is -2.30. The van der Waals surface area contributed by atoms with Gasteiger partial charge in [0, 0.05) is 6.54 Å². The third kappa shape index (κ3) is 2.34. The summed E-state index contributed by atoms with van der Waals surface area (Å²) in [7, 11) is 0. The van der Waals surface area contributed by atoms with Crippen molar-refractivity contribution >= 4 is 15.9 Å². The Morgan fingerprint density at radius 3 is 2.86 bits per heavy atom. The number of hydrogen-bond donors (Lipinski definition) is 2. The second-order valence-corrected chi connectivity index (χ2v) is 4.06. The van der Waals surface area contributed by atoms with Gasteiger partial charge >= 0.3 is 0 Å². The van der Waals surface area contributed by atoms with Gasteiger partial charge in [0.1, 0.15) is 0 Å². The van der Waals surface area contributed by atoms with Crippen LogP contribution in [-0.4, -0.2) is 9.78 Å². The molecule has 0 aliphatic carbocycles. The molecular weight excluding hydrogens is 244 g/mol.